The van der Waals surface area contributed by atoms with Gasteiger partial charge in [-0.15, -0.1) is 0 Å². The van der Waals surface area contributed by atoms with E-state index in [4.69, 9.17) is 5.26 Å². The highest BCUT2D eigenvalue weighted by molar-refractivity contribution is 5.80. The molecule has 0 aliphatic carbocycles. The Balaban J connectivity index is 2.53. The van der Waals surface area contributed by atoms with Gasteiger partial charge in [0, 0.05) is 12.4 Å². The van der Waals surface area contributed by atoms with Gasteiger partial charge in [0.05, 0.1) is 6.54 Å². The number of nitrogens with zero attached hydrogens (tertiary/aromatic N) is 3. The molecule has 13 heavy (non-hydrogen) atoms. The zero-order valence-corrected chi connectivity index (χ0v) is 7.36. The zero-order valence-electron chi connectivity index (χ0n) is 7.36. The van der Waals surface area contributed by atoms with Crippen LogP contribution in [0.1, 0.15) is 12.5 Å². The molecule has 1 aromatic heterocycles. The highest BCUT2D eigenvalue weighted by Crippen LogP contribution is 1.97. The minimum absolute atomic E-state index is 0.572. The molecule has 1 rings (SSSR count). The Morgan fingerprint density at radius 3 is 2.92 bits per heavy atom. The summed E-state index contributed by atoms with van der Waals surface area (Å²) >= 11 is 0. The third-order valence-electron chi connectivity index (χ3n) is 1.48. The molecule has 0 atom stereocenters. The Bertz CT molecular complexity index is 323. The van der Waals surface area contributed by atoms with Gasteiger partial charge in [-0.3, -0.25) is 15.3 Å². The topological polar surface area (TPSA) is 61.1 Å². The molecule has 66 valence electrons. The Morgan fingerprint density at radius 1 is 1.62 bits per heavy atom. The lowest BCUT2D eigenvalue weighted by atomic mass is 10.3. The summed E-state index contributed by atoms with van der Waals surface area (Å²) in [6.07, 6.45) is 5.25. The lowest BCUT2D eigenvalue weighted by molar-refractivity contribution is 1.03. The van der Waals surface area contributed by atoms with Gasteiger partial charge in [0.2, 0.25) is 0 Å². The van der Waals surface area contributed by atoms with Crippen LogP contribution in [0.4, 0.5) is 0 Å². The molecule has 1 heterocycles. The molecular formula is C9H10N4. The Kier molecular flexibility index (Phi) is 3.45. The second-order valence-corrected chi connectivity index (χ2v) is 2.49. The number of aliphatic imine (C=N–C) groups is 1. The molecule has 0 amide bonds. The maximum absolute atomic E-state index is 8.28. The number of hydrogen-bond donors (Lipinski definition) is 1. The lowest BCUT2D eigenvalue weighted by Gasteiger charge is -1.96. The Hall–Kier alpha value is -1.89. The number of pyridine rings is 1. The molecule has 0 aromatic carbocycles. The molecule has 4 nitrogen and oxygen atoms in total. The van der Waals surface area contributed by atoms with Crippen LogP contribution in [0.25, 0.3) is 0 Å². The van der Waals surface area contributed by atoms with Crippen LogP contribution in [-0.2, 0) is 6.54 Å². The maximum Gasteiger partial charge on any atom is 0.182 e. The lowest BCUT2D eigenvalue weighted by Crippen LogP contribution is -2.13. The smallest absolute Gasteiger partial charge is 0.182 e. The van der Waals surface area contributed by atoms with Crippen LogP contribution in [0.5, 0.6) is 0 Å². The van der Waals surface area contributed by atoms with E-state index in [1.807, 2.05) is 18.3 Å². The van der Waals surface area contributed by atoms with Crippen molar-refractivity contribution < 1.29 is 0 Å². The highest BCUT2D eigenvalue weighted by Gasteiger charge is 1.89. The van der Waals surface area contributed by atoms with Gasteiger partial charge < -0.3 is 0 Å². The summed E-state index contributed by atoms with van der Waals surface area (Å²) in [7, 11) is 0. The van der Waals surface area contributed by atoms with E-state index in [0.717, 1.165) is 5.56 Å². The molecule has 0 fully saturated rings. The van der Waals surface area contributed by atoms with Crippen molar-refractivity contribution in [1.29, 1.82) is 5.26 Å². The summed E-state index contributed by atoms with van der Waals surface area (Å²) < 4.78 is 0. The van der Waals surface area contributed by atoms with Crippen molar-refractivity contribution in [2.45, 2.75) is 13.5 Å². The van der Waals surface area contributed by atoms with Crippen molar-refractivity contribution in [1.82, 2.24) is 10.3 Å². The molecule has 0 unspecified atom stereocenters. The molecule has 0 aliphatic heterocycles. The third kappa shape index (κ3) is 3.34. The molecular weight excluding hydrogens is 164 g/mol. The molecule has 0 spiro atoms. The fraction of sp³-hybridized carbons (Fsp3) is 0.222. The Labute approximate surface area is 76.9 Å². The number of hydrogen-bond acceptors (Lipinski definition) is 3. The van der Waals surface area contributed by atoms with E-state index in [2.05, 4.69) is 15.3 Å². The van der Waals surface area contributed by atoms with Crippen LogP contribution >= 0.6 is 0 Å². The first-order valence-corrected chi connectivity index (χ1v) is 3.88. The molecule has 0 radical (unpaired) electrons. The van der Waals surface area contributed by atoms with Gasteiger partial charge in [-0.2, -0.15) is 5.26 Å². The number of nitrogens with one attached hydrogen (secondary N) is 1. The second-order valence-electron chi connectivity index (χ2n) is 2.49. The average molecular weight is 174 g/mol. The fourth-order valence-corrected chi connectivity index (χ4v) is 0.818. The van der Waals surface area contributed by atoms with Crippen molar-refractivity contribution in [2.75, 3.05) is 0 Å². The van der Waals surface area contributed by atoms with Crippen LogP contribution in [-0.4, -0.2) is 10.8 Å². The minimum Gasteiger partial charge on any atom is -0.281 e. The van der Waals surface area contributed by atoms with E-state index in [-0.39, 0.29) is 0 Å². The first-order valence-electron chi connectivity index (χ1n) is 3.88. The van der Waals surface area contributed by atoms with Crippen molar-refractivity contribution in [3.63, 3.8) is 0 Å². The van der Waals surface area contributed by atoms with E-state index in [1.54, 1.807) is 19.3 Å². The largest absolute Gasteiger partial charge is 0.281 e. The maximum atomic E-state index is 8.28. The van der Waals surface area contributed by atoms with Gasteiger partial charge in [-0.1, -0.05) is 0 Å². The Morgan fingerprint density at radius 2 is 2.31 bits per heavy atom. The SMILES string of the molecule is CC(=NCc1ccncc1)NC#N. The van der Waals surface area contributed by atoms with Crippen LogP contribution in [0.2, 0.25) is 0 Å². The number of nitriles is 1. The van der Waals surface area contributed by atoms with Gasteiger partial charge in [-0.05, 0) is 24.6 Å². The predicted molar refractivity (Wildman–Crippen MR) is 49.8 cm³/mol. The van der Waals surface area contributed by atoms with Crippen molar-refractivity contribution in [3.8, 4) is 6.19 Å². The first-order chi connectivity index (χ1) is 6.33. The molecule has 0 saturated carbocycles. The van der Waals surface area contributed by atoms with Gasteiger partial charge >= 0.3 is 0 Å². The van der Waals surface area contributed by atoms with E-state index >= 15 is 0 Å². The predicted octanol–water partition coefficient (Wildman–Crippen LogP) is 1.07. The van der Waals surface area contributed by atoms with E-state index < -0.39 is 0 Å². The summed E-state index contributed by atoms with van der Waals surface area (Å²) in [5.74, 6) is 0.624. The molecule has 1 N–H and O–H groups in total. The number of aromatic nitrogens is 1. The molecule has 4 heteroatoms. The van der Waals surface area contributed by atoms with Crippen molar-refractivity contribution in [3.05, 3.63) is 30.1 Å². The summed E-state index contributed by atoms with van der Waals surface area (Å²) in [5.41, 5.74) is 1.08. The number of rotatable bonds is 2. The third-order valence-corrected chi connectivity index (χ3v) is 1.48. The minimum atomic E-state index is 0.572. The molecule has 0 bridgehead atoms. The summed E-state index contributed by atoms with van der Waals surface area (Å²) in [6, 6.07) is 3.78. The summed E-state index contributed by atoms with van der Waals surface area (Å²) in [4.78, 5) is 8.03. The number of amidine groups is 1. The van der Waals surface area contributed by atoms with E-state index in [1.165, 1.54) is 0 Å². The molecule has 0 saturated heterocycles. The van der Waals surface area contributed by atoms with E-state index in [9.17, 15) is 0 Å². The second kappa shape index (κ2) is 4.88. The van der Waals surface area contributed by atoms with Crippen LogP contribution in [0, 0.1) is 11.5 Å². The zero-order chi connectivity index (χ0) is 9.52. The van der Waals surface area contributed by atoms with Crippen molar-refractivity contribution in [2.24, 2.45) is 4.99 Å². The van der Waals surface area contributed by atoms with Crippen molar-refractivity contribution >= 4 is 5.84 Å². The highest BCUT2D eigenvalue weighted by atomic mass is 15.0. The van der Waals surface area contributed by atoms with Crippen LogP contribution < -0.4 is 5.32 Å². The standard InChI is InChI=1S/C9H10N4/c1-8(13-7-10)12-6-9-2-4-11-5-3-9/h2-5H,6H2,1H3,(H,12,13). The summed E-state index contributed by atoms with van der Waals surface area (Å²) in [6.45, 7) is 2.33. The van der Waals surface area contributed by atoms with Gasteiger partial charge in [-0.25, -0.2) is 0 Å². The summed E-state index contributed by atoms with van der Waals surface area (Å²) in [5, 5.41) is 10.7. The first kappa shape index (κ1) is 9.20. The normalized spacial score (nSPS) is 10.6. The van der Waals surface area contributed by atoms with Crippen LogP contribution in [0.15, 0.2) is 29.5 Å². The van der Waals surface area contributed by atoms with E-state index in [0.29, 0.717) is 12.4 Å². The van der Waals surface area contributed by atoms with Gasteiger partial charge in [0.25, 0.3) is 0 Å². The monoisotopic (exact) mass is 174 g/mol. The average Bonchev–Trinajstić information content (AvgIpc) is 2.17. The molecule has 1 aromatic rings. The fourth-order valence-electron chi connectivity index (χ4n) is 0.818. The molecule has 0 aliphatic rings. The quantitative estimate of drug-likeness (QED) is 0.316. The van der Waals surface area contributed by atoms with Gasteiger partial charge in [0.1, 0.15) is 5.84 Å². The van der Waals surface area contributed by atoms with Crippen LogP contribution in [0.3, 0.4) is 0 Å². The van der Waals surface area contributed by atoms with Gasteiger partial charge in [0.15, 0.2) is 6.19 Å².